The Kier molecular flexibility index (Phi) is 4.10. The summed E-state index contributed by atoms with van der Waals surface area (Å²) in [5.41, 5.74) is 1.57. The van der Waals surface area contributed by atoms with E-state index in [2.05, 4.69) is 5.16 Å². The average Bonchev–Trinajstić information content (AvgIpc) is 3.32. The van der Waals surface area contributed by atoms with Crippen molar-refractivity contribution in [3.63, 3.8) is 0 Å². The van der Waals surface area contributed by atoms with Gasteiger partial charge in [0.1, 0.15) is 6.10 Å². The molecule has 6 nitrogen and oxygen atoms in total. The summed E-state index contributed by atoms with van der Waals surface area (Å²) in [6, 6.07) is 5.78. The molecule has 3 aliphatic rings. The number of ether oxygens (including phenoxy) is 3. The highest BCUT2D eigenvalue weighted by atomic mass is 16.7. The molecule has 24 heavy (non-hydrogen) atoms. The molecule has 0 aromatic heterocycles. The molecule has 0 bridgehead atoms. The fourth-order valence-electron chi connectivity index (χ4n) is 3.63. The van der Waals surface area contributed by atoms with E-state index in [0.29, 0.717) is 18.1 Å². The van der Waals surface area contributed by atoms with Crippen LogP contribution < -0.4 is 9.47 Å². The van der Waals surface area contributed by atoms with Gasteiger partial charge in [0.2, 0.25) is 0 Å². The lowest BCUT2D eigenvalue weighted by Crippen LogP contribution is -2.29. The number of hydrogen-bond acceptors (Lipinski definition) is 6. The zero-order valence-corrected chi connectivity index (χ0v) is 13.9. The average molecular weight is 333 g/mol. The molecule has 1 N–H and O–H groups in total. The minimum atomic E-state index is -0.413. The number of hydrogen-bond donors (Lipinski definition) is 1. The third-order valence-electron chi connectivity index (χ3n) is 5.10. The van der Waals surface area contributed by atoms with Gasteiger partial charge in [-0.2, -0.15) is 0 Å². The monoisotopic (exact) mass is 333 g/mol. The van der Waals surface area contributed by atoms with Gasteiger partial charge in [-0.1, -0.05) is 5.16 Å². The molecule has 6 heteroatoms. The number of methoxy groups -OCH3 is 1. The van der Waals surface area contributed by atoms with Crippen molar-refractivity contribution >= 4 is 5.71 Å². The summed E-state index contributed by atoms with van der Waals surface area (Å²) >= 11 is 0. The fourth-order valence-corrected chi connectivity index (χ4v) is 3.63. The largest absolute Gasteiger partial charge is 0.493 e. The lowest BCUT2D eigenvalue weighted by Gasteiger charge is -2.20. The Hall–Kier alpha value is -1.79. The van der Waals surface area contributed by atoms with Crippen molar-refractivity contribution in [1.29, 1.82) is 0 Å². The predicted octanol–water partition coefficient (Wildman–Crippen LogP) is 2.27. The van der Waals surface area contributed by atoms with Crippen LogP contribution in [0.25, 0.3) is 0 Å². The third-order valence-corrected chi connectivity index (χ3v) is 5.10. The number of nitrogens with zero attached hydrogens (tertiary/aromatic N) is 1. The summed E-state index contributed by atoms with van der Waals surface area (Å²) in [5.74, 6) is 1.31. The van der Waals surface area contributed by atoms with Gasteiger partial charge in [0.15, 0.2) is 17.1 Å². The van der Waals surface area contributed by atoms with Crippen LogP contribution in [0.2, 0.25) is 0 Å². The highest BCUT2D eigenvalue weighted by Gasteiger charge is 2.43. The second-order valence-corrected chi connectivity index (χ2v) is 6.81. The van der Waals surface area contributed by atoms with Gasteiger partial charge in [-0.3, -0.25) is 0 Å². The summed E-state index contributed by atoms with van der Waals surface area (Å²) in [6.45, 7) is 1.31. The molecule has 1 aliphatic carbocycles. The maximum Gasteiger partial charge on any atom is 0.168 e. The van der Waals surface area contributed by atoms with Crippen molar-refractivity contribution in [3.05, 3.63) is 23.8 Å². The molecule has 0 amide bonds. The maximum atomic E-state index is 10.0. The second-order valence-electron chi connectivity index (χ2n) is 6.81. The molecule has 1 aromatic rings. The topological polar surface area (TPSA) is 69.5 Å². The molecular weight excluding hydrogens is 310 g/mol. The number of aliphatic hydroxyl groups excluding tert-OH is 1. The minimum Gasteiger partial charge on any atom is -0.493 e. The van der Waals surface area contributed by atoms with Gasteiger partial charge >= 0.3 is 0 Å². The molecule has 1 saturated carbocycles. The Bertz CT molecular complexity index is 638. The standard InChI is InChI=1S/C18H23NO5/c1-21-16-6-5-12(9-17(16)23-15-4-2-3-14(15)20)13-10-18(24-19-13)7-8-22-11-18/h5-6,9,14-15,20H,2-4,7-8,10-11H2,1H3. The Labute approximate surface area is 141 Å². The smallest absolute Gasteiger partial charge is 0.168 e. The molecule has 3 unspecified atom stereocenters. The summed E-state index contributed by atoms with van der Waals surface area (Å²) in [7, 11) is 1.62. The SMILES string of the molecule is COc1ccc(C2=NOC3(CCOC3)C2)cc1OC1CCCC1O. The third kappa shape index (κ3) is 2.84. The van der Waals surface area contributed by atoms with Crippen molar-refractivity contribution < 1.29 is 24.2 Å². The number of rotatable bonds is 4. The molecule has 3 atom stereocenters. The van der Waals surface area contributed by atoms with Crippen LogP contribution in [0.3, 0.4) is 0 Å². The summed E-state index contributed by atoms with van der Waals surface area (Å²) < 4.78 is 16.9. The van der Waals surface area contributed by atoms with Crippen LogP contribution in [0.4, 0.5) is 0 Å². The Balaban J connectivity index is 1.55. The van der Waals surface area contributed by atoms with Crippen LogP contribution >= 0.6 is 0 Å². The zero-order chi connectivity index (χ0) is 16.6. The van der Waals surface area contributed by atoms with Crippen molar-refractivity contribution in [2.24, 2.45) is 5.16 Å². The van der Waals surface area contributed by atoms with E-state index >= 15 is 0 Å². The van der Waals surface area contributed by atoms with E-state index in [1.54, 1.807) is 7.11 Å². The number of oxime groups is 1. The van der Waals surface area contributed by atoms with Gasteiger partial charge in [-0.25, -0.2) is 0 Å². The molecule has 4 rings (SSSR count). The van der Waals surface area contributed by atoms with E-state index in [1.807, 2.05) is 18.2 Å². The first-order valence-electron chi connectivity index (χ1n) is 8.55. The first-order chi connectivity index (χ1) is 11.7. The number of aliphatic hydroxyl groups is 1. The van der Waals surface area contributed by atoms with E-state index in [0.717, 1.165) is 50.0 Å². The second kappa shape index (κ2) is 6.26. The van der Waals surface area contributed by atoms with Crippen LogP contribution in [-0.2, 0) is 9.57 Å². The van der Waals surface area contributed by atoms with Crippen LogP contribution in [0.5, 0.6) is 11.5 Å². The van der Waals surface area contributed by atoms with Crippen molar-refractivity contribution in [3.8, 4) is 11.5 Å². The highest BCUT2D eigenvalue weighted by molar-refractivity contribution is 6.02. The van der Waals surface area contributed by atoms with Crippen LogP contribution in [0, 0.1) is 0 Å². The number of benzene rings is 1. The van der Waals surface area contributed by atoms with Gasteiger partial charge < -0.3 is 24.2 Å². The minimum absolute atomic E-state index is 0.175. The summed E-state index contributed by atoms with van der Waals surface area (Å²) in [4.78, 5) is 5.67. The molecule has 2 aliphatic heterocycles. The maximum absolute atomic E-state index is 10.0. The predicted molar refractivity (Wildman–Crippen MR) is 87.7 cm³/mol. The van der Waals surface area contributed by atoms with Gasteiger partial charge in [0.05, 0.1) is 32.1 Å². The van der Waals surface area contributed by atoms with Crippen LogP contribution in [-0.4, -0.2) is 49.0 Å². The van der Waals surface area contributed by atoms with Crippen molar-refractivity contribution in [2.45, 2.75) is 49.9 Å². The molecule has 1 spiro atoms. The molecule has 1 aromatic carbocycles. The fraction of sp³-hybridized carbons (Fsp3) is 0.611. The summed E-state index contributed by atoms with van der Waals surface area (Å²) in [6.07, 6.45) is 3.65. The Morgan fingerprint density at radius 2 is 2.21 bits per heavy atom. The Morgan fingerprint density at radius 3 is 2.92 bits per heavy atom. The lowest BCUT2D eigenvalue weighted by molar-refractivity contribution is -0.0237. The molecule has 2 fully saturated rings. The molecule has 2 heterocycles. The summed E-state index contributed by atoms with van der Waals surface area (Å²) in [5, 5.41) is 14.3. The van der Waals surface area contributed by atoms with E-state index < -0.39 is 6.10 Å². The molecule has 0 radical (unpaired) electrons. The van der Waals surface area contributed by atoms with Gasteiger partial charge in [-0.05, 0) is 37.5 Å². The quantitative estimate of drug-likeness (QED) is 0.915. The van der Waals surface area contributed by atoms with Crippen molar-refractivity contribution in [1.82, 2.24) is 0 Å². The van der Waals surface area contributed by atoms with Gasteiger partial charge in [0, 0.05) is 18.4 Å². The highest BCUT2D eigenvalue weighted by Crippen LogP contribution is 2.37. The van der Waals surface area contributed by atoms with E-state index in [1.165, 1.54) is 0 Å². The van der Waals surface area contributed by atoms with E-state index in [4.69, 9.17) is 19.0 Å². The lowest BCUT2D eigenvalue weighted by atomic mass is 9.93. The van der Waals surface area contributed by atoms with Gasteiger partial charge in [0.25, 0.3) is 0 Å². The molecular formula is C18H23NO5. The van der Waals surface area contributed by atoms with Crippen LogP contribution in [0.15, 0.2) is 23.4 Å². The first kappa shape index (κ1) is 15.7. The van der Waals surface area contributed by atoms with Crippen molar-refractivity contribution in [2.75, 3.05) is 20.3 Å². The van der Waals surface area contributed by atoms with E-state index in [-0.39, 0.29) is 11.7 Å². The van der Waals surface area contributed by atoms with Gasteiger partial charge in [-0.15, -0.1) is 0 Å². The van der Waals surface area contributed by atoms with E-state index in [9.17, 15) is 5.11 Å². The Morgan fingerprint density at radius 1 is 1.29 bits per heavy atom. The van der Waals surface area contributed by atoms with Crippen LogP contribution in [0.1, 0.15) is 37.7 Å². The zero-order valence-electron chi connectivity index (χ0n) is 13.9. The molecule has 130 valence electrons. The first-order valence-corrected chi connectivity index (χ1v) is 8.55. The normalized spacial score (nSPS) is 32.0. The molecule has 1 saturated heterocycles.